The molecule has 0 radical (unpaired) electrons. The maximum Gasteiger partial charge on any atom is 0.328 e. The number of rotatable bonds is 4. The molecule has 0 unspecified atom stereocenters. The lowest BCUT2D eigenvalue weighted by molar-refractivity contribution is -0.154. The van der Waals surface area contributed by atoms with Gasteiger partial charge in [-0.3, -0.25) is 9.69 Å². The minimum atomic E-state index is -1.32. The second-order valence-electron chi connectivity index (χ2n) is 5.51. The van der Waals surface area contributed by atoms with Crippen LogP contribution in [0.4, 0.5) is 4.79 Å². The van der Waals surface area contributed by atoms with Crippen LogP contribution < -0.4 is 5.32 Å². The van der Waals surface area contributed by atoms with Crippen LogP contribution in [0.25, 0.3) is 0 Å². The average Bonchev–Trinajstić information content (AvgIpc) is 2.73. The summed E-state index contributed by atoms with van der Waals surface area (Å²) in [7, 11) is 0. The van der Waals surface area contributed by atoms with Gasteiger partial charge in [0, 0.05) is 11.9 Å². The van der Waals surface area contributed by atoms with Gasteiger partial charge in [0.1, 0.15) is 24.9 Å². The molecule has 2 amide bonds. The molecule has 122 valence electrons. The van der Waals surface area contributed by atoms with E-state index in [1.807, 2.05) is 0 Å². The first kappa shape index (κ1) is 16.5. The van der Waals surface area contributed by atoms with Crippen LogP contribution in [0.2, 0.25) is 0 Å². The molecular weight excluding hydrogens is 292 g/mol. The maximum absolute atomic E-state index is 11.9. The van der Waals surface area contributed by atoms with Crippen molar-refractivity contribution in [2.45, 2.75) is 38.4 Å². The normalized spacial score (nSPS) is 31.6. The van der Waals surface area contributed by atoms with Crippen molar-refractivity contribution >= 4 is 12.0 Å². The standard InChI is InChI=1S/C14H20N2O6/c1-7(2)13(19)21-6-9-10(17)11(18)12(22-9)16-5-4-8(3)15-14(16)20/h4-5,7,9-12,17-18H,3,6H2,1-2H3,(H,15,20)/t9-,10-,11-,12-/m1/s1. The van der Waals surface area contributed by atoms with E-state index < -0.39 is 36.5 Å². The Labute approximate surface area is 128 Å². The first-order valence-electron chi connectivity index (χ1n) is 6.96. The lowest BCUT2D eigenvalue weighted by Gasteiger charge is -2.30. The molecule has 0 aromatic carbocycles. The van der Waals surface area contributed by atoms with E-state index in [0.717, 1.165) is 4.90 Å². The summed E-state index contributed by atoms with van der Waals surface area (Å²) in [6, 6.07) is -0.524. The molecule has 2 rings (SSSR count). The summed E-state index contributed by atoms with van der Waals surface area (Å²) in [5.74, 6) is -0.735. The third-order valence-electron chi connectivity index (χ3n) is 3.41. The highest BCUT2D eigenvalue weighted by molar-refractivity contribution is 5.79. The number of allylic oxidation sites excluding steroid dienone is 1. The predicted molar refractivity (Wildman–Crippen MR) is 75.1 cm³/mol. The summed E-state index contributed by atoms with van der Waals surface area (Å²) in [6.45, 7) is 6.75. The number of esters is 1. The first-order valence-corrected chi connectivity index (χ1v) is 6.96. The Balaban J connectivity index is 2.01. The zero-order valence-electron chi connectivity index (χ0n) is 12.4. The molecule has 1 fully saturated rings. The first-order chi connectivity index (χ1) is 10.3. The van der Waals surface area contributed by atoms with E-state index in [2.05, 4.69) is 11.9 Å². The summed E-state index contributed by atoms with van der Waals surface area (Å²) in [6.07, 6.45) is -1.61. The number of nitrogens with one attached hydrogen (secondary N) is 1. The van der Waals surface area contributed by atoms with Crippen molar-refractivity contribution < 1.29 is 29.3 Å². The van der Waals surface area contributed by atoms with E-state index in [4.69, 9.17) is 9.47 Å². The van der Waals surface area contributed by atoms with Crippen LogP contribution in [0.3, 0.4) is 0 Å². The molecule has 4 atom stereocenters. The number of carbonyl (C=O) groups excluding carboxylic acids is 2. The number of carbonyl (C=O) groups is 2. The van der Waals surface area contributed by atoms with Gasteiger partial charge in [0.25, 0.3) is 0 Å². The van der Waals surface area contributed by atoms with Gasteiger partial charge in [-0.25, -0.2) is 4.79 Å². The van der Waals surface area contributed by atoms with Gasteiger partial charge in [-0.05, 0) is 6.08 Å². The van der Waals surface area contributed by atoms with Crippen LogP contribution in [0, 0.1) is 5.92 Å². The van der Waals surface area contributed by atoms with E-state index in [0.29, 0.717) is 5.70 Å². The number of amides is 2. The lowest BCUT2D eigenvalue weighted by Crippen LogP contribution is -2.49. The van der Waals surface area contributed by atoms with Crippen molar-refractivity contribution in [2.75, 3.05) is 6.61 Å². The Morgan fingerprint density at radius 2 is 2.18 bits per heavy atom. The second kappa shape index (κ2) is 6.47. The minimum Gasteiger partial charge on any atom is -0.463 e. The number of nitrogens with zero attached hydrogens (tertiary/aromatic N) is 1. The molecule has 2 heterocycles. The summed E-state index contributed by atoms with van der Waals surface area (Å²) in [4.78, 5) is 24.4. The molecule has 0 aliphatic carbocycles. The van der Waals surface area contributed by atoms with Gasteiger partial charge in [0.2, 0.25) is 0 Å². The number of aliphatic hydroxyl groups excluding tert-OH is 2. The summed E-state index contributed by atoms with van der Waals surface area (Å²) < 4.78 is 10.5. The number of urea groups is 1. The van der Waals surface area contributed by atoms with Gasteiger partial charge < -0.3 is 25.0 Å². The minimum absolute atomic E-state index is 0.197. The van der Waals surface area contributed by atoms with Crippen LogP contribution in [0.5, 0.6) is 0 Å². The Morgan fingerprint density at radius 3 is 2.77 bits per heavy atom. The largest absolute Gasteiger partial charge is 0.463 e. The third-order valence-corrected chi connectivity index (χ3v) is 3.41. The molecule has 0 aromatic rings. The number of aliphatic hydroxyl groups is 2. The highest BCUT2D eigenvalue weighted by Gasteiger charge is 2.47. The molecule has 3 N–H and O–H groups in total. The highest BCUT2D eigenvalue weighted by Crippen LogP contribution is 2.26. The van der Waals surface area contributed by atoms with Crippen molar-refractivity contribution in [1.29, 1.82) is 0 Å². The van der Waals surface area contributed by atoms with Gasteiger partial charge >= 0.3 is 12.0 Å². The van der Waals surface area contributed by atoms with E-state index in [1.165, 1.54) is 12.3 Å². The lowest BCUT2D eigenvalue weighted by atomic mass is 10.1. The van der Waals surface area contributed by atoms with Crippen LogP contribution in [0.15, 0.2) is 24.6 Å². The monoisotopic (exact) mass is 312 g/mol. The van der Waals surface area contributed by atoms with Crippen molar-refractivity contribution in [1.82, 2.24) is 10.2 Å². The summed E-state index contributed by atoms with van der Waals surface area (Å²) >= 11 is 0. The van der Waals surface area contributed by atoms with Crippen LogP contribution in [-0.2, 0) is 14.3 Å². The molecule has 22 heavy (non-hydrogen) atoms. The molecule has 1 saturated heterocycles. The Morgan fingerprint density at radius 1 is 1.50 bits per heavy atom. The molecule has 0 saturated carbocycles. The molecule has 8 heteroatoms. The van der Waals surface area contributed by atoms with E-state index >= 15 is 0 Å². The zero-order valence-corrected chi connectivity index (χ0v) is 12.4. The summed E-state index contributed by atoms with van der Waals surface area (Å²) in [5, 5.41) is 22.5. The third kappa shape index (κ3) is 3.29. The second-order valence-corrected chi connectivity index (χ2v) is 5.51. The number of hydrogen-bond acceptors (Lipinski definition) is 6. The predicted octanol–water partition coefficient (Wildman–Crippen LogP) is -0.315. The number of hydrogen-bond donors (Lipinski definition) is 3. The average molecular weight is 312 g/mol. The van der Waals surface area contributed by atoms with E-state index in [9.17, 15) is 19.8 Å². The SMILES string of the molecule is C=C1C=CN([C@@H]2O[C@H](COC(=O)C(C)C)[C@@H](O)[C@H]2O)C(=O)N1. The molecule has 0 spiro atoms. The zero-order chi connectivity index (χ0) is 16.4. The molecule has 8 nitrogen and oxygen atoms in total. The Kier molecular flexibility index (Phi) is 4.84. The fraction of sp³-hybridized carbons (Fsp3) is 0.571. The van der Waals surface area contributed by atoms with Gasteiger partial charge in [0.15, 0.2) is 6.23 Å². The topological polar surface area (TPSA) is 108 Å². The van der Waals surface area contributed by atoms with Crippen molar-refractivity contribution in [3.8, 4) is 0 Å². The van der Waals surface area contributed by atoms with Gasteiger partial charge in [0.05, 0.1) is 5.92 Å². The van der Waals surface area contributed by atoms with E-state index in [1.54, 1.807) is 13.8 Å². The fourth-order valence-electron chi connectivity index (χ4n) is 2.11. The molecule has 0 aromatic heterocycles. The Bertz CT molecular complexity index is 504. The fourth-order valence-corrected chi connectivity index (χ4v) is 2.11. The maximum atomic E-state index is 11.9. The van der Waals surface area contributed by atoms with Gasteiger partial charge in [-0.2, -0.15) is 0 Å². The Hall–Kier alpha value is -1.90. The van der Waals surface area contributed by atoms with Crippen molar-refractivity contribution in [2.24, 2.45) is 5.92 Å². The highest BCUT2D eigenvalue weighted by atomic mass is 16.6. The van der Waals surface area contributed by atoms with E-state index in [-0.39, 0.29) is 12.5 Å². The van der Waals surface area contributed by atoms with Crippen molar-refractivity contribution in [3.63, 3.8) is 0 Å². The number of ether oxygens (including phenoxy) is 2. The van der Waals surface area contributed by atoms with Crippen molar-refractivity contribution in [3.05, 3.63) is 24.6 Å². The molecule has 2 aliphatic heterocycles. The molecule has 0 bridgehead atoms. The van der Waals surface area contributed by atoms with Crippen LogP contribution in [-0.4, -0.2) is 58.3 Å². The molecular formula is C14H20N2O6. The van der Waals surface area contributed by atoms with Gasteiger partial charge in [-0.15, -0.1) is 0 Å². The van der Waals surface area contributed by atoms with Crippen LogP contribution >= 0.6 is 0 Å². The van der Waals surface area contributed by atoms with Crippen LogP contribution in [0.1, 0.15) is 13.8 Å². The van der Waals surface area contributed by atoms with Gasteiger partial charge in [-0.1, -0.05) is 20.4 Å². The summed E-state index contributed by atoms with van der Waals surface area (Å²) in [5.41, 5.74) is 0.414. The quantitative estimate of drug-likeness (QED) is 0.614. The molecule has 2 aliphatic rings. The smallest absolute Gasteiger partial charge is 0.328 e.